The Kier molecular flexibility index (Phi) is 2.68. The van der Waals surface area contributed by atoms with Crippen LogP contribution >= 0.6 is 0 Å². The number of benzene rings is 1. The zero-order valence-electron chi connectivity index (χ0n) is 9.97. The van der Waals surface area contributed by atoms with Gasteiger partial charge in [0.15, 0.2) is 0 Å². The lowest BCUT2D eigenvalue weighted by molar-refractivity contribution is 0.0879. The Balaban J connectivity index is 1.91. The standard InChI is InChI=1S/C12H12N2O4S/c15-11-9-4-3-8(5-10(9)12(16)14-11)19(17,18)13-6-7-1-2-7/h3-5,7,13H,1-2,6H2,(H,14,15,16). The summed E-state index contributed by atoms with van der Waals surface area (Å²) in [7, 11) is -3.62. The van der Waals surface area contributed by atoms with Crippen molar-refractivity contribution in [3.05, 3.63) is 29.3 Å². The Morgan fingerprint density at radius 1 is 1.16 bits per heavy atom. The van der Waals surface area contributed by atoms with Gasteiger partial charge in [-0.25, -0.2) is 13.1 Å². The Labute approximate surface area is 110 Å². The van der Waals surface area contributed by atoms with Gasteiger partial charge in [0, 0.05) is 6.54 Å². The summed E-state index contributed by atoms with van der Waals surface area (Å²) in [6, 6.07) is 3.94. The molecule has 0 aromatic heterocycles. The molecule has 1 fully saturated rings. The summed E-state index contributed by atoms with van der Waals surface area (Å²) >= 11 is 0. The number of nitrogens with one attached hydrogen (secondary N) is 2. The fourth-order valence-electron chi connectivity index (χ4n) is 1.95. The number of carbonyl (C=O) groups excluding carboxylic acids is 2. The van der Waals surface area contributed by atoms with Crippen LogP contribution in [0.5, 0.6) is 0 Å². The van der Waals surface area contributed by atoms with Crippen molar-refractivity contribution in [2.45, 2.75) is 17.7 Å². The summed E-state index contributed by atoms with van der Waals surface area (Å²) in [5.41, 5.74) is 0.324. The molecule has 3 rings (SSSR count). The first kappa shape index (κ1) is 12.3. The predicted octanol–water partition coefficient (Wildman–Crippen LogP) is 0.258. The van der Waals surface area contributed by atoms with Gasteiger partial charge >= 0.3 is 0 Å². The minimum Gasteiger partial charge on any atom is -0.288 e. The lowest BCUT2D eigenvalue weighted by Gasteiger charge is -2.06. The van der Waals surface area contributed by atoms with Crippen molar-refractivity contribution in [1.82, 2.24) is 10.0 Å². The zero-order chi connectivity index (χ0) is 13.6. The minimum absolute atomic E-state index is 0.0109. The molecule has 7 heteroatoms. The highest BCUT2D eigenvalue weighted by atomic mass is 32.2. The van der Waals surface area contributed by atoms with E-state index in [0.717, 1.165) is 12.8 Å². The summed E-state index contributed by atoms with van der Waals surface area (Å²) in [6.07, 6.45) is 2.09. The van der Waals surface area contributed by atoms with E-state index >= 15 is 0 Å². The molecule has 1 heterocycles. The van der Waals surface area contributed by atoms with Crippen LogP contribution in [0.2, 0.25) is 0 Å². The fourth-order valence-corrected chi connectivity index (χ4v) is 3.09. The maximum Gasteiger partial charge on any atom is 0.258 e. The lowest BCUT2D eigenvalue weighted by Crippen LogP contribution is -2.26. The van der Waals surface area contributed by atoms with E-state index < -0.39 is 21.8 Å². The molecule has 19 heavy (non-hydrogen) atoms. The normalized spacial score (nSPS) is 18.3. The van der Waals surface area contributed by atoms with Gasteiger partial charge in [-0.1, -0.05) is 0 Å². The van der Waals surface area contributed by atoms with Crippen molar-refractivity contribution >= 4 is 21.8 Å². The summed E-state index contributed by atoms with van der Waals surface area (Å²) in [5.74, 6) is -0.622. The number of fused-ring (bicyclic) bond motifs is 1. The highest BCUT2D eigenvalue weighted by molar-refractivity contribution is 7.89. The molecule has 1 aliphatic heterocycles. The Bertz CT molecular complexity index is 677. The maximum atomic E-state index is 12.0. The lowest BCUT2D eigenvalue weighted by atomic mass is 10.1. The third-order valence-corrected chi connectivity index (χ3v) is 4.70. The van der Waals surface area contributed by atoms with Gasteiger partial charge in [-0.2, -0.15) is 0 Å². The topological polar surface area (TPSA) is 92.3 Å². The van der Waals surface area contributed by atoms with E-state index in [1.165, 1.54) is 18.2 Å². The molecule has 1 saturated carbocycles. The van der Waals surface area contributed by atoms with Crippen LogP contribution in [0.4, 0.5) is 0 Å². The average Bonchev–Trinajstić information content (AvgIpc) is 3.15. The van der Waals surface area contributed by atoms with Gasteiger partial charge in [-0.3, -0.25) is 14.9 Å². The van der Waals surface area contributed by atoms with Gasteiger partial charge < -0.3 is 0 Å². The summed E-state index contributed by atoms with van der Waals surface area (Å²) < 4.78 is 26.6. The molecule has 0 bridgehead atoms. The van der Waals surface area contributed by atoms with E-state index in [0.29, 0.717) is 12.5 Å². The molecule has 0 spiro atoms. The van der Waals surface area contributed by atoms with Crippen molar-refractivity contribution in [3.63, 3.8) is 0 Å². The molecule has 0 atom stereocenters. The first-order chi connectivity index (χ1) is 8.97. The third kappa shape index (κ3) is 2.26. The first-order valence-corrected chi connectivity index (χ1v) is 7.45. The molecule has 0 radical (unpaired) electrons. The smallest absolute Gasteiger partial charge is 0.258 e. The Hall–Kier alpha value is -1.73. The first-order valence-electron chi connectivity index (χ1n) is 5.97. The van der Waals surface area contributed by atoms with E-state index in [2.05, 4.69) is 10.0 Å². The van der Waals surface area contributed by atoms with Crippen LogP contribution in [0.3, 0.4) is 0 Å². The third-order valence-electron chi connectivity index (χ3n) is 3.28. The van der Waals surface area contributed by atoms with Gasteiger partial charge in [0.25, 0.3) is 11.8 Å². The SMILES string of the molecule is O=C1NC(=O)c2cc(S(=O)(=O)NCC3CC3)ccc21. The quantitative estimate of drug-likeness (QED) is 0.774. The molecule has 1 aromatic carbocycles. The minimum atomic E-state index is -3.62. The molecule has 1 aliphatic carbocycles. The second-order valence-corrected chi connectivity index (χ2v) is 6.55. The highest BCUT2D eigenvalue weighted by Crippen LogP contribution is 2.28. The highest BCUT2D eigenvalue weighted by Gasteiger charge is 2.29. The number of amides is 2. The van der Waals surface area contributed by atoms with E-state index in [1.54, 1.807) is 0 Å². The summed E-state index contributed by atoms with van der Waals surface area (Å²) in [5, 5.41) is 2.13. The molecular weight excluding hydrogens is 268 g/mol. The molecule has 2 N–H and O–H groups in total. The van der Waals surface area contributed by atoms with Crippen molar-refractivity contribution < 1.29 is 18.0 Å². The summed E-state index contributed by atoms with van der Waals surface area (Å²) in [6.45, 7) is 0.421. The van der Waals surface area contributed by atoms with Crippen molar-refractivity contribution in [2.75, 3.05) is 6.54 Å². The maximum absolute atomic E-state index is 12.0. The van der Waals surface area contributed by atoms with Crippen molar-refractivity contribution in [2.24, 2.45) is 5.92 Å². The number of rotatable bonds is 4. The second-order valence-electron chi connectivity index (χ2n) is 4.79. The molecular formula is C12H12N2O4S. The molecule has 2 aliphatic rings. The van der Waals surface area contributed by atoms with Crippen LogP contribution in [-0.4, -0.2) is 26.8 Å². The molecule has 2 amide bonds. The van der Waals surface area contributed by atoms with E-state index in [1.807, 2.05) is 0 Å². The van der Waals surface area contributed by atoms with Crippen LogP contribution < -0.4 is 10.0 Å². The van der Waals surface area contributed by atoms with Gasteiger partial charge in [-0.15, -0.1) is 0 Å². The number of imide groups is 1. The van der Waals surface area contributed by atoms with Gasteiger partial charge in [0.05, 0.1) is 16.0 Å². The monoisotopic (exact) mass is 280 g/mol. The van der Waals surface area contributed by atoms with Crippen molar-refractivity contribution in [3.8, 4) is 0 Å². The Morgan fingerprint density at radius 2 is 1.84 bits per heavy atom. The van der Waals surface area contributed by atoms with E-state index in [-0.39, 0.29) is 16.0 Å². The van der Waals surface area contributed by atoms with E-state index in [9.17, 15) is 18.0 Å². The number of hydrogen-bond donors (Lipinski definition) is 2. The molecule has 0 saturated heterocycles. The average molecular weight is 280 g/mol. The van der Waals surface area contributed by atoms with Crippen LogP contribution in [0, 0.1) is 5.92 Å². The number of hydrogen-bond acceptors (Lipinski definition) is 4. The molecule has 100 valence electrons. The second kappa shape index (κ2) is 4.14. The number of carbonyl (C=O) groups is 2. The van der Waals surface area contributed by atoms with E-state index in [4.69, 9.17) is 0 Å². The number of sulfonamides is 1. The van der Waals surface area contributed by atoms with Crippen LogP contribution in [0.15, 0.2) is 23.1 Å². The largest absolute Gasteiger partial charge is 0.288 e. The van der Waals surface area contributed by atoms with Gasteiger partial charge in [-0.05, 0) is 37.0 Å². The Morgan fingerprint density at radius 3 is 2.53 bits per heavy atom. The fraction of sp³-hybridized carbons (Fsp3) is 0.333. The van der Waals surface area contributed by atoms with Crippen LogP contribution in [-0.2, 0) is 10.0 Å². The molecule has 6 nitrogen and oxygen atoms in total. The van der Waals surface area contributed by atoms with Crippen molar-refractivity contribution in [1.29, 1.82) is 0 Å². The van der Waals surface area contributed by atoms with Gasteiger partial charge in [0.1, 0.15) is 0 Å². The molecule has 1 aromatic rings. The molecule has 0 unspecified atom stereocenters. The van der Waals surface area contributed by atoms with Gasteiger partial charge in [0.2, 0.25) is 10.0 Å². The summed E-state index contributed by atoms with van der Waals surface area (Å²) in [4.78, 5) is 22.9. The predicted molar refractivity (Wildman–Crippen MR) is 66.2 cm³/mol. The van der Waals surface area contributed by atoms with Crippen LogP contribution in [0.1, 0.15) is 33.6 Å². The zero-order valence-corrected chi connectivity index (χ0v) is 10.8. The van der Waals surface area contributed by atoms with Crippen LogP contribution in [0.25, 0.3) is 0 Å².